The zero-order valence-electron chi connectivity index (χ0n) is 14.4. The molecule has 0 unspecified atom stereocenters. The van der Waals surface area contributed by atoms with Crippen LogP contribution in [0.15, 0.2) is 0 Å². The maximum atomic E-state index is 5.29. The molecule has 5 heteroatoms. The summed E-state index contributed by atoms with van der Waals surface area (Å²) in [6.45, 7) is 12.5. The number of nitrogens with one attached hydrogen (secondary N) is 1. The highest BCUT2D eigenvalue weighted by atomic mass is 32.1. The monoisotopic (exact) mass is 313 g/mol. The lowest BCUT2D eigenvalue weighted by atomic mass is 10.1. The molecule has 0 spiro atoms. The highest BCUT2D eigenvalue weighted by Gasteiger charge is 2.14. The lowest BCUT2D eigenvalue weighted by Crippen LogP contribution is -2.19. The lowest BCUT2D eigenvalue weighted by molar-refractivity contribution is 0.181. The van der Waals surface area contributed by atoms with Crippen molar-refractivity contribution in [3.8, 4) is 0 Å². The molecule has 21 heavy (non-hydrogen) atoms. The fourth-order valence-electron chi connectivity index (χ4n) is 1.94. The van der Waals surface area contributed by atoms with Crippen LogP contribution in [0.3, 0.4) is 0 Å². The quantitative estimate of drug-likeness (QED) is 0.717. The third-order valence-electron chi connectivity index (χ3n) is 3.25. The molecule has 4 nitrogen and oxygen atoms in total. The number of nitrogens with zero attached hydrogens (tertiary/aromatic N) is 2. The van der Waals surface area contributed by atoms with Crippen molar-refractivity contribution in [2.75, 3.05) is 32.1 Å². The summed E-state index contributed by atoms with van der Waals surface area (Å²) in [5.41, 5.74) is 1.07. The molecule has 0 bridgehead atoms. The predicted molar refractivity (Wildman–Crippen MR) is 92.1 cm³/mol. The summed E-state index contributed by atoms with van der Waals surface area (Å²) in [7, 11) is 3.86. The zero-order valence-corrected chi connectivity index (χ0v) is 15.2. The van der Waals surface area contributed by atoms with Gasteiger partial charge in [0.25, 0.3) is 0 Å². The fourth-order valence-corrected chi connectivity index (χ4v) is 2.96. The van der Waals surface area contributed by atoms with Gasteiger partial charge in [0.15, 0.2) is 5.13 Å². The Hall–Kier alpha value is -0.650. The van der Waals surface area contributed by atoms with Crippen molar-refractivity contribution in [3.63, 3.8) is 0 Å². The van der Waals surface area contributed by atoms with E-state index in [1.165, 1.54) is 11.3 Å². The van der Waals surface area contributed by atoms with E-state index in [0.717, 1.165) is 36.4 Å². The molecule has 0 fully saturated rings. The third kappa shape index (κ3) is 6.76. The second-order valence-electron chi connectivity index (χ2n) is 6.43. The summed E-state index contributed by atoms with van der Waals surface area (Å²) in [5.74, 6) is 1.38. The van der Waals surface area contributed by atoms with Gasteiger partial charge >= 0.3 is 0 Å². The number of anilines is 1. The van der Waals surface area contributed by atoms with Gasteiger partial charge in [0, 0.05) is 32.1 Å². The van der Waals surface area contributed by atoms with Gasteiger partial charge in [0.2, 0.25) is 0 Å². The Morgan fingerprint density at radius 2 is 1.95 bits per heavy atom. The van der Waals surface area contributed by atoms with Crippen LogP contribution in [0.4, 0.5) is 5.13 Å². The Bertz CT molecular complexity index is 404. The molecule has 0 aliphatic heterocycles. The maximum absolute atomic E-state index is 5.29. The van der Waals surface area contributed by atoms with E-state index in [1.807, 2.05) is 0 Å². The van der Waals surface area contributed by atoms with Gasteiger partial charge < -0.3 is 15.0 Å². The minimum atomic E-state index is 0.590. The van der Waals surface area contributed by atoms with Crippen LogP contribution < -0.4 is 10.2 Å². The van der Waals surface area contributed by atoms with Crippen molar-refractivity contribution in [1.82, 2.24) is 10.3 Å². The smallest absolute Gasteiger partial charge is 0.185 e. The Morgan fingerprint density at radius 1 is 1.24 bits per heavy atom. The summed E-state index contributed by atoms with van der Waals surface area (Å²) in [5, 5.41) is 4.60. The van der Waals surface area contributed by atoms with Crippen molar-refractivity contribution < 1.29 is 4.74 Å². The van der Waals surface area contributed by atoms with Gasteiger partial charge in [0.1, 0.15) is 0 Å². The lowest BCUT2D eigenvalue weighted by Gasteiger charge is -2.16. The van der Waals surface area contributed by atoms with E-state index >= 15 is 0 Å². The Balaban J connectivity index is 2.68. The largest absolute Gasteiger partial charge is 0.378 e. The van der Waals surface area contributed by atoms with Gasteiger partial charge in [-0.3, -0.25) is 0 Å². The summed E-state index contributed by atoms with van der Waals surface area (Å²) in [4.78, 5) is 8.31. The normalized spacial score (nSPS) is 11.6. The van der Waals surface area contributed by atoms with Gasteiger partial charge in [-0.1, -0.05) is 27.7 Å². The second kappa shape index (κ2) is 9.38. The van der Waals surface area contributed by atoms with Crippen LogP contribution >= 0.6 is 11.3 Å². The van der Waals surface area contributed by atoms with Crippen LogP contribution in [0.2, 0.25) is 0 Å². The molecule has 1 aromatic heterocycles. The molecule has 0 aliphatic carbocycles. The van der Waals surface area contributed by atoms with E-state index in [1.54, 1.807) is 18.4 Å². The van der Waals surface area contributed by atoms with E-state index in [2.05, 4.69) is 45.0 Å². The minimum Gasteiger partial charge on any atom is -0.378 e. The Labute approximate surface area is 133 Å². The summed E-state index contributed by atoms with van der Waals surface area (Å²) in [6.07, 6.45) is 1.19. The first-order valence-electron chi connectivity index (χ1n) is 7.83. The molecule has 1 heterocycles. The molecular formula is C16H31N3OS. The summed E-state index contributed by atoms with van der Waals surface area (Å²) in [6, 6.07) is 0. The zero-order chi connectivity index (χ0) is 15.8. The van der Waals surface area contributed by atoms with Crippen LogP contribution in [-0.4, -0.2) is 32.2 Å². The molecule has 0 radical (unpaired) electrons. The molecule has 1 aromatic rings. The number of hydrogen-bond acceptors (Lipinski definition) is 5. The number of hydrogen-bond donors (Lipinski definition) is 1. The average Bonchev–Trinajstić information content (AvgIpc) is 2.79. The molecule has 0 saturated carbocycles. The van der Waals surface area contributed by atoms with Crippen molar-refractivity contribution in [2.24, 2.45) is 11.8 Å². The molecule has 0 aromatic carbocycles. The molecule has 122 valence electrons. The fraction of sp³-hybridized carbons (Fsp3) is 0.812. The van der Waals surface area contributed by atoms with Crippen molar-refractivity contribution in [1.29, 1.82) is 0 Å². The first-order chi connectivity index (χ1) is 9.93. The first kappa shape index (κ1) is 18.4. The van der Waals surface area contributed by atoms with Crippen LogP contribution in [0.1, 0.15) is 44.7 Å². The molecule has 0 saturated heterocycles. The van der Waals surface area contributed by atoms with Crippen molar-refractivity contribution in [3.05, 3.63) is 10.6 Å². The predicted octanol–water partition coefficient (Wildman–Crippen LogP) is 3.52. The average molecular weight is 314 g/mol. The van der Waals surface area contributed by atoms with Crippen LogP contribution in [0.5, 0.6) is 0 Å². The highest BCUT2D eigenvalue weighted by molar-refractivity contribution is 7.15. The van der Waals surface area contributed by atoms with Gasteiger partial charge in [-0.15, -0.1) is 11.3 Å². The summed E-state index contributed by atoms with van der Waals surface area (Å²) < 4.78 is 5.29. The van der Waals surface area contributed by atoms with E-state index in [9.17, 15) is 0 Å². The minimum absolute atomic E-state index is 0.590. The maximum Gasteiger partial charge on any atom is 0.185 e. The first-order valence-corrected chi connectivity index (χ1v) is 8.65. The van der Waals surface area contributed by atoms with Crippen LogP contribution in [-0.2, 0) is 17.9 Å². The molecule has 0 amide bonds. The van der Waals surface area contributed by atoms with E-state index < -0.39 is 0 Å². The molecule has 1 rings (SSSR count). The number of rotatable bonds is 10. The number of ether oxygens (including phenoxy) is 1. The van der Waals surface area contributed by atoms with E-state index in [4.69, 9.17) is 9.72 Å². The van der Waals surface area contributed by atoms with E-state index in [0.29, 0.717) is 12.5 Å². The topological polar surface area (TPSA) is 37.4 Å². The number of methoxy groups -OCH3 is 1. The van der Waals surface area contributed by atoms with Crippen LogP contribution in [0.25, 0.3) is 0 Å². The Morgan fingerprint density at radius 3 is 2.52 bits per heavy atom. The molecular weight excluding hydrogens is 282 g/mol. The SMILES string of the molecule is COCc1nc(N(C)CCC(C)C)sc1CNCC(C)C. The summed E-state index contributed by atoms with van der Waals surface area (Å²) >= 11 is 1.78. The standard InChI is InChI=1S/C16H31N3OS/c1-12(2)7-8-19(5)16-18-14(11-20-6)15(21-16)10-17-9-13(3)4/h12-13,17H,7-11H2,1-6H3. The molecule has 0 atom stereocenters. The van der Waals surface area contributed by atoms with Gasteiger partial charge in [-0.2, -0.15) is 0 Å². The van der Waals surface area contributed by atoms with E-state index in [-0.39, 0.29) is 0 Å². The highest BCUT2D eigenvalue weighted by Crippen LogP contribution is 2.26. The number of aromatic nitrogens is 1. The van der Waals surface area contributed by atoms with Crippen LogP contribution in [0, 0.1) is 11.8 Å². The van der Waals surface area contributed by atoms with Gasteiger partial charge in [-0.05, 0) is 24.8 Å². The Kier molecular flexibility index (Phi) is 8.22. The van der Waals surface area contributed by atoms with Gasteiger partial charge in [0.05, 0.1) is 12.3 Å². The molecule has 0 aliphatic rings. The number of thiazole rings is 1. The van der Waals surface area contributed by atoms with Gasteiger partial charge in [-0.25, -0.2) is 4.98 Å². The molecule has 1 N–H and O–H groups in total. The van der Waals surface area contributed by atoms with Crippen molar-refractivity contribution in [2.45, 2.75) is 47.3 Å². The second-order valence-corrected chi connectivity index (χ2v) is 7.49. The van der Waals surface area contributed by atoms with Crippen molar-refractivity contribution >= 4 is 16.5 Å². The third-order valence-corrected chi connectivity index (χ3v) is 4.47.